The lowest BCUT2D eigenvalue weighted by Crippen LogP contribution is -2.34. The van der Waals surface area contributed by atoms with Crippen LogP contribution in [0.5, 0.6) is 0 Å². The Kier molecular flexibility index (Phi) is 5.59. The highest BCUT2D eigenvalue weighted by Crippen LogP contribution is 2.24. The van der Waals surface area contributed by atoms with Gasteiger partial charge in [-0.2, -0.15) is 0 Å². The van der Waals surface area contributed by atoms with E-state index in [2.05, 4.69) is 18.7 Å². The predicted molar refractivity (Wildman–Crippen MR) is 90.0 cm³/mol. The SMILES string of the molecule is C=C[C@H](OCc1ccccc1)[C@H](OCc1ccccc1)[C@H]1CO1. The lowest BCUT2D eigenvalue weighted by molar-refractivity contribution is -0.0748. The number of hydrogen-bond donors (Lipinski definition) is 0. The summed E-state index contributed by atoms with van der Waals surface area (Å²) >= 11 is 0. The standard InChI is InChI=1S/C20H22O3/c1-2-18(21-13-16-9-5-3-6-10-16)20(19-15-22-19)23-14-17-11-7-4-8-12-17/h2-12,18-20H,1,13-15H2/t18-,19+,20-/m0/s1. The van der Waals surface area contributed by atoms with E-state index in [-0.39, 0.29) is 18.3 Å². The third-order valence-corrected chi connectivity index (χ3v) is 3.85. The average Bonchev–Trinajstić information content (AvgIpc) is 3.44. The Bertz CT molecular complexity index is 593. The molecular formula is C20H22O3. The Morgan fingerprint density at radius 3 is 1.96 bits per heavy atom. The molecule has 1 aliphatic heterocycles. The molecule has 3 rings (SSSR count). The molecule has 0 aromatic heterocycles. The maximum absolute atomic E-state index is 6.07. The first-order chi connectivity index (χ1) is 11.4. The van der Waals surface area contributed by atoms with Gasteiger partial charge in [0.25, 0.3) is 0 Å². The van der Waals surface area contributed by atoms with Gasteiger partial charge >= 0.3 is 0 Å². The number of hydrogen-bond acceptors (Lipinski definition) is 3. The second kappa shape index (κ2) is 8.06. The lowest BCUT2D eigenvalue weighted by Gasteiger charge is -2.24. The Balaban J connectivity index is 1.58. The van der Waals surface area contributed by atoms with E-state index >= 15 is 0 Å². The van der Waals surface area contributed by atoms with Crippen molar-refractivity contribution in [2.24, 2.45) is 0 Å². The molecule has 0 spiro atoms. The summed E-state index contributed by atoms with van der Waals surface area (Å²) in [4.78, 5) is 0. The van der Waals surface area contributed by atoms with Gasteiger partial charge in [-0.25, -0.2) is 0 Å². The Hall–Kier alpha value is -1.94. The van der Waals surface area contributed by atoms with E-state index in [0.717, 1.165) is 17.7 Å². The molecule has 1 saturated heterocycles. The topological polar surface area (TPSA) is 31.0 Å². The molecule has 0 N–H and O–H groups in total. The van der Waals surface area contributed by atoms with Crippen LogP contribution in [0.3, 0.4) is 0 Å². The molecular weight excluding hydrogens is 288 g/mol. The second-order valence-corrected chi connectivity index (χ2v) is 5.63. The molecule has 23 heavy (non-hydrogen) atoms. The highest BCUT2D eigenvalue weighted by molar-refractivity contribution is 5.14. The summed E-state index contributed by atoms with van der Waals surface area (Å²) in [7, 11) is 0. The monoisotopic (exact) mass is 310 g/mol. The molecule has 1 fully saturated rings. The van der Waals surface area contributed by atoms with Gasteiger partial charge in [-0.1, -0.05) is 66.7 Å². The summed E-state index contributed by atoms with van der Waals surface area (Å²) in [5, 5.41) is 0. The molecule has 0 amide bonds. The van der Waals surface area contributed by atoms with Crippen molar-refractivity contribution in [1.82, 2.24) is 0 Å². The fourth-order valence-corrected chi connectivity index (χ4v) is 2.49. The zero-order valence-electron chi connectivity index (χ0n) is 13.1. The van der Waals surface area contributed by atoms with Crippen LogP contribution in [0.1, 0.15) is 11.1 Å². The van der Waals surface area contributed by atoms with Gasteiger partial charge in [0.05, 0.1) is 19.8 Å². The van der Waals surface area contributed by atoms with Gasteiger partial charge in [-0.3, -0.25) is 0 Å². The van der Waals surface area contributed by atoms with Crippen LogP contribution in [-0.2, 0) is 27.4 Å². The predicted octanol–water partition coefficient (Wildman–Crippen LogP) is 3.74. The Labute approximate surface area is 137 Å². The molecule has 120 valence electrons. The van der Waals surface area contributed by atoms with Crippen molar-refractivity contribution < 1.29 is 14.2 Å². The smallest absolute Gasteiger partial charge is 0.116 e. The molecule has 2 aromatic rings. The molecule has 3 heteroatoms. The summed E-state index contributed by atoms with van der Waals surface area (Å²) in [6, 6.07) is 20.2. The Morgan fingerprint density at radius 1 is 0.957 bits per heavy atom. The van der Waals surface area contributed by atoms with E-state index < -0.39 is 0 Å². The summed E-state index contributed by atoms with van der Waals surface area (Å²) < 4.78 is 17.5. The number of rotatable bonds is 9. The van der Waals surface area contributed by atoms with Crippen molar-refractivity contribution in [2.75, 3.05) is 6.61 Å². The van der Waals surface area contributed by atoms with Crippen molar-refractivity contribution in [3.8, 4) is 0 Å². The molecule has 1 aliphatic rings. The largest absolute Gasteiger partial charge is 0.370 e. The van der Waals surface area contributed by atoms with Gasteiger partial charge in [0, 0.05) is 0 Å². The first kappa shape index (κ1) is 15.9. The molecule has 0 radical (unpaired) electrons. The second-order valence-electron chi connectivity index (χ2n) is 5.63. The van der Waals surface area contributed by atoms with Crippen molar-refractivity contribution in [1.29, 1.82) is 0 Å². The van der Waals surface area contributed by atoms with Crippen LogP contribution in [0.25, 0.3) is 0 Å². The van der Waals surface area contributed by atoms with Crippen molar-refractivity contribution in [3.63, 3.8) is 0 Å². The minimum absolute atomic E-state index is 0.0949. The van der Waals surface area contributed by atoms with Gasteiger partial charge in [-0.05, 0) is 11.1 Å². The third kappa shape index (κ3) is 4.76. The van der Waals surface area contributed by atoms with Crippen LogP contribution in [0, 0.1) is 0 Å². The van der Waals surface area contributed by atoms with E-state index in [4.69, 9.17) is 14.2 Å². The summed E-state index contributed by atoms with van der Waals surface area (Å²) in [5.74, 6) is 0. The maximum atomic E-state index is 6.07. The van der Waals surface area contributed by atoms with E-state index in [9.17, 15) is 0 Å². The van der Waals surface area contributed by atoms with Gasteiger partial charge in [0.1, 0.15) is 18.3 Å². The van der Waals surface area contributed by atoms with Crippen LogP contribution in [0.2, 0.25) is 0 Å². The van der Waals surface area contributed by atoms with Gasteiger partial charge in [0.15, 0.2) is 0 Å². The van der Waals surface area contributed by atoms with Crippen LogP contribution in [0.4, 0.5) is 0 Å². The van der Waals surface area contributed by atoms with Crippen molar-refractivity contribution >= 4 is 0 Å². The number of benzene rings is 2. The maximum Gasteiger partial charge on any atom is 0.116 e. The van der Waals surface area contributed by atoms with Crippen LogP contribution >= 0.6 is 0 Å². The quantitative estimate of drug-likeness (QED) is 0.522. The first-order valence-electron chi connectivity index (χ1n) is 7.92. The molecule has 2 aromatic carbocycles. The molecule has 0 bridgehead atoms. The minimum Gasteiger partial charge on any atom is -0.370 e. The number of ether oxygens (including phenoxy) is 3. The molecule has 0 aliphatic carbocycles. The van der Waals surface area contributed by atoms with Gasteiger partial charge < -0.3 is 14.2 Å². The Morgan fingerprint density at radius 2 is 1.48 bits per heavy atom. The zero-order chi connectivity index (χ0) is 15.9. The minimum atomic E-state index is -0.189. The van der Waals surface area contributed by atoms with Gasteiger partial charge in [0.2, 0.25) is 0 Å². The molecule has 0 unspecified atom stereocenters. The molecule has 0 saturated carbocycles. The summed E-state index contributed by atoms with van der Waals surface area (Å²) in [6.45, 7) is 5.70. The van der Waals surface area contributed by atoms with E-state index in [0.29, 0.717) is 13.2 Å². The van der Waals surface area contributed by atoms with E-state index in [1.807, 2.05) is 48.5 Å². The van der Waals surface area contributed by atoms with Crippen LogP contribution in [0.15, 0.2) is 73.3 Å². The van der Waals surface area contributed by atoms with Crippen LogP contribution in [-0.4, -0.2) is 24.9 Å². The summed E-state index contributed by atoms with van der Waals surface area (Å²) in [5.41, 5.74) is 2.28. The highest BCUT2D eigenvalue weighted by Gasteiger charge is 2.38. The zero-order valence-corrected chi connectivity index (χ0v) is 13.1. The van der Waals surface area contributed by atoms with Crippen LogP contribution < -0.4 is 0 Å². The molecule has 3 atom stereocenters. The fourth-order valence-electron chi connectivity index (χ4n) is 2.49. The highest BCUT2D eigenvalue weighted by atomic mass is 16.6. The molecule has 3 nitrogen and oxygen atoms in total. The lowest BCUT2D eigenvalue weighted by atomic mass is 10.1. The first-order valence-corrected chi connectivity index (χ1v) is 7.92. The van der Waals surface area contributed by atoms with Crippen molar-refractivity contribution in [3.05, 3.63) is 84.4 Å². The average molecular weight is 310 g/mol. The third-order valence-electron chi connectivity index (χ3n) is 3.85. The fraction of sp³-hybridized carbons (Fsp3) is 0.300. The van der Waals surface area contributed by atoms with E-state index in [1.165, 1.54) is 0 Å². The normalized spacial score (nSPS) is 19.0. The van der Waals surface area contributed by atoms with Gasteiger partial charge in [-0.15, -0.1) is 6.58 Å². The summed E-state index contributed by atoms with van der Waals surface area (Å²) in [6.07, 6.45) is 1.58. The van der Waals surface area contributed by atoms with E-state index in [1.54, 1.807) is 6.08 Å². The number of epoxide rings is 1. The van der Waals surface area contributed by atoms with Crippen molar-refractivity contribution in [2.45, 2.75) is 31.5 Å². The molecule has 1 heterocycles.